The summed E-state index contributed by atoms with van der Waals surface area (Å²) in [5.41, 5.74) is 2.34. The molecule has 5 heteroatoms. The number of piperazine rings is 1. The van der Waals surface area contributed by atoms with Gasteiger partial charge in [0.1, 0.15) is 0 Å². The predicted octanol–water partition coefficient (Wildman–Crippen LogP) is 2.28. The van der Waals surface area contributed by atoms with Gasteiger partial charge in [-0.15, -0.1) is 0 Å². The van der Waals surface area contributed by atoms with Gasteiger partial charge in [-0.25, -0.2) is 0 Å². The van der Waals surface area contributed by atoms with Gasteiger partial charge < -0.3 is 15.1 Å². The minimum atomic E-state index is 0.452. The van der Waals surface area contributed by atoms with Gasteiger partial charge in [0, 0.05) is 31.9 Å². The molecule has 20 heavy (non-hydrogen) atoms. The average molecular weight is 291 g/mol. The molecule has 1 saturated heterocycles. The van der Waals surface area contributed by atoms with Crippen LogP contribution in [0.3, 0.4) is 0 Å². The number of thiocarbonyl (C=S) groups is 1. The van der Waals surface area contributed by atoms with Crippen LogP contribution in [0.15, 0.2) is 24.3 Å². The maximum absolute atomic E-state index is 10.7. The Morgan fingerprint density at radius 3 is 2.50 bits per heavy atom. The summed E-state index contributed by atoms with van der Waals surface area (Å²) < 4.78 is 0. The van der Waals surface area contributed by atoms with Crippen LogP contribution in [0.2, 0.25) is 0 Å². The molecule has 1 heterocycles. The van der Waals surface area contributed by atoms with E-state index in [-0.39, 0.29) is 0 Å². The zero-order valence-electron chi connectivity index (χ0n) is 12.0. The Hall–Kier alpha value is -1.62. The lowest BCUT2D eigenvalue weighted by Gasteiger charge is -2.34. The number of hydrogen-bond acceptors (Lipinski definition) is 2. The quantitative estimate of drug-likeness (QED) is 0.684. The molecule has 1 N–H and O–H groups in total. The molecule has 108 valence electrons. The molecular weight excluding hydrogens is 270 g/mol. The van der Waals surface area contributed by atoms with Crippen LogP contribution >= 0.6 is 12.2 Å². The Morgan fingerprint density at radius 2 is 1.90 bits per heavy atom. The van der Waals surface area contributed by atoms with E-state index in [4.69, 9.17) is 12.2 Å². The molecule has 0 spiro atoms. The van der Waals surface area contributed by atoms with Crippen molar-refractivity contribution in [1.29, 1.82) is 0 Å². The minimum absolute atomic E-state index is 0.452. The summed E-state index contributed by atoms with van der Waals surface area (Å²) in [4.78, 5) is 14.6. The first-order chi connectivity index (χ1) is 9.61. The van der Waals surface area contributed by atoms with Gasteiger partial charge in [-0.3, -0.25) is 4.79 Å². The van der Waals surface area contributed by atoms with Crippen molar-refractivity contribution >= 4 is 29.4 Å². The lowest BCUT2D eigenvalue weighted by atomic mass is 10.0. The summed E-state index contributed by atoms with van der Waals surface area (Å²) in [7, 11) is 0. The maximum Gasteiger partial charge on any atom is 0.209 e. The van der Waals surface area contributed by atoms with Gasteiger partial charge in [-0.05, 0) is 29.8 Å². The molecule has 4 nitrogen and oxygen atoms in total. The van der Waals surface area contributed by atoms with E-state index < -0.39 is 0 Å². The van der Waals surface area contributed by atoms with Crippen molar-refractivity contribution in [2.45, 2.75) is 19.8 Å². The van der Waals surface area contributed by atoms with Crippen LogP contribution in [0.4, 0.5) is 5.69 Å². The van der Waals surface area contributed by atoms with Crippen molar-refractivity contribution in [3.05, 3.63) is 29.8 Å². The number of anilines is 1. The summed E-state index contributed by atoms with van der Waals surface area (Å²) in [5, 5.41) is 4.08. The Bertz CT molecular complexity index is 482. The number of amides is 1. The van der Waals surface area contributed by atoms with Crippen molar-refractivity contribution < 1.29 is 4.79 Å². The van der Waals surface area contributed by atoms with Crippen molar-refractivity contribution in [2.75, 3.05) is 31.5 Å². The van der Waals surface area contributed by atoms with Gasteiger partial charge in [0.2, 0.25) is 6.41 Å². The first-order valence-electron chi connectivity index (χ1n) is 6.96. The molecule has 0 radical (unpaired) electrons. The van der Waals surface area contributed by atoms with Crippen LogP contribution in [-0.2, 0) is 4.79 Å². The number of rotatable bonds is 3. The maximum atomic E-state index is 10.7. The third kappa shape index (κ3) is 3.48. The van der Waals surface area contributed by atoms with E-state index in [9.17, 15) is 4.79 Å². The van der Waals surface area contributed by atoms with Gasteiger partial charge in [-0.1, -0.05) is 32.0 Å². The molecule has 1 fully saturated rings. The molecule has 1 aliphatic heterocycles. The third-order valence-corrected chi connectivity index (χ3v) is 3.94. The van der Waals surface area contributed by atoms with Gasteiger partial charge in [0.25, 0.3) is 0 Å². The summed E-state index contributed by atoms with van der Waals surface area (Å²) in [6.07, 6.45) is 0.905. The summed E-state index contributed by atoms with van der Waals surface area (Å²) in [6.45, 7) is 7.38. The third-order valence-electron chi connectivity index (χ3n) is 3.57. The van der Waals surface area contributed by atoms with Crippen LogP contribution in [0.1, 0.15) is 25.3 Å². The first-order valence-corrected chi connectivity index (χ1v) is 7.37. The molecule has 1 aromatic rings. The van der Waals surface area contributed by atoms with Crippen molar-refractivity contribution in [3.63, 3.8) is 0 Å². The molecular formula is C15H21N3OS. The van der Waals surface area contributed by atoms with Gasteiger partial charge in [0.05, 0.1) is 0 Å². The lowest BCUT2D eigenvalue weighted by molar-refractivity contribution is -0.119. The number of nitrogens with zero attached hydrogens (tertiary/aromatic N) is 2. The Kier molecular flexibility index (Phi) is 4.95. The fourth-order valence-corrected chi connectivity index (χ4v) is 2.63. The molecule has 1 amide bonds. The standard InChI is InChI=1S/C15H21N3OS/c1-12(2)13-5-3-4-6-14(13)16-15(20)18-9-7-17(11-19)8-10-18/h3-6,11-12H,7-10H2,1-2H3,(H,16,20). The highest BCUT2D eigenvalue weighted by Crippen LogP contribution is 2.24. The second kappa shape index (κ2) is 6.70. The number of para-hydroxylation sites is 1. The van der Waals surface area contributed by atoms with Gasteiger partial charge in [-0.2, -0.15) is 0 Å². The number of carbonyl (C=O) groups excluding carboxylic acids is 1. The van der Waals surface area contributed by atoms with Gasteiger partial charge >= 0.3 is 0 Å². The topological polar surface area (TPSA) is 35.6 Å². The summed E-state index contributed by atoms with van der Waals surface area (Å²) >= 11 is 5.48. The monoisotopic (exact) mass is 291 g/mol. The van der Waals surface area contributed by atoms with E-state index in [1.807, 2.05) is 12.1 Å². The number of benzene rings is 1. The van der Waals surface area contributed by atoms with Crippen LogP contribution in [0.25, 0.3) is 0 Å². The van der Waals surface area contributed by atoms with Crippen LogP contribution in [-0.4, -0.2) is 47.5 Å². The lowest BCUT2D eigenvalue weighted by Crippen LogP contribution is -2.49. The second-order valence-electron chi connectivity index (χ2n) is 5.30. The molecule has 0 saturated carbocycles. The fraction of sp³-hybridized carbons (Fsp3) is 0.467. The van der Waals surface area contributed by atoms with Crippen LogP contribution in [0.5, 0.6) is 0 Å². The van der Waals surface area contributed by atoms with Crippen molar-refractivity contribution in [1.82, 2.24) is 9.80 Å². The van der Waals surface area contributed by atoms with Crippen LogP contribution in [0, 0.1) is 0 Å². The number of nitrogens with one attached hydrogen (secondary N) is 1. The van der Waals surface area contributed by atoms with E-state index >= 15 is 0 Å². The summed E-state index contributed by atoms with van der Waals surface area (Å²) in [5.74, 6) is 0.452. The Labute approximate surface area is 125 Å². The molecule has 0 atom stereocenters. The zero-order valence-corrected chi connectivity index (χ0v) is 12.8. The van der Waals surface area contributed by atoms with E-state index in [1.165, 1.54) is 5.56 Å². The normalized spacial score (nSPS) is 15.3. The largest absolute Gasteiger partial charge is 0.345 e. The van der Waals surface area contributed by atoms with E-state index in [0.29, 0.717) is 5.92 Å². The number of carbonyl (C=O) groups is 1. The highest BCUT2D eigenvalue weighted by atomic mass is 32.1. The average Bonchev–Trinajstić information content (AvgIpc) is 2.47. The van der Waals surface area contributed by atoms with E-state index in [2.05, 4.69) is 36.2 Å². The first kappa shape index (κ1) is 14.8. The fourth-order valence-electron chi connectivity index (χ4n) is 2.34. The van der Waals surface area contributed by atoms with Gasteiger partial charge in [0.15, 0.2) is 5.11 Å². The summed E-state index contributed by atoms with van der Waals surface area (Å²) in [6, 6.07) is 8.25. The molecule has 1 aromatic carbocycles. The molecule has 0 bridgehead atoms. The van der Waals surface area contributed by atoms with E-state index in [0.717, 1.165) is 43.4 Å². The highest BCUT2D eigenvalue weighted by Gasteiger charge is 2.18. The second-order valence-corrected chi connectivity index (χ2v) is 5.69. The Balaban J connectivity index is 2.00. The SMILES string of the molecule is CC(C)c1ccccc1NC(=S)N1CCN(C=O)CC1. The molecule has 0 unspecified atom stereocenters. The highest BCUT2D eigenvalue weighted by molar-refractivity contribution is 7.80. The molecule has 2 rings (SSSR count). The molecule has 0 aromatic heterocycles. The Morgan fingerprint density at radius 1 is 1.25 bits per heavy atom. The smallest absolute Gasteiger partial charge is 0.209 e. The molecule has 1 aliphatic rings. The predicted molar refractivity (Wildman–Crippen MR) is 86.0 cm³/mol. The van der Waals surface area contributed by atoms with E-state index in [1.54, 1.807) is 4.90 Å². The molecule has 0 aliphatic carbocycles. The van der Waals surface area contributed by atoms with Crippen molar-refractivity contribution in [2.24, 2.45) is 0 Å². The van der Waals surface area contributed by atoms with Crippen LogP contribution < -0.4 is 5.32 Å². The van der Waals surface area contributed by atoms with Crippen molar-refractivity contribution in [3.8, 4) is 0 Å². The number of hydrogen-bond donors (Lipinski definition) is 1. The zero-order chi connectivity index (χ0) is 14.5. The minimum Gasteiger partial charge on any atom is -0.345 e.